The number of hydrogen-bond donors (Lipinski definition) is 1. The third-order valence-corrected chi connectivity index (χ3v) is 3.68. The molecule has 0 spiro atoms. The third-order valence-electron chi connectivity index (χ3n) is 3.68. The molecule has 0 atom stereocenters. The van der Waals surface area contributed by atoms with E-state index in [-0.39, 0.29) is 0 Å². The lowest BCUT2D eigenvalue weighted by atomic mass is 9.99. The van der Waals surface area contributed by atoms with Crippen LogP contribution < -0.4 is 0 Å². The van der Waals surface area contributed by atoms with E-state index < -0.39 is 0 Å². The fourth-order valence-electron chi connectivity index (χ4n) is 2.59. The number of aromatic amines is 1. The third kappa shape index (κ3) is 2.32. The Bertz CT molecular complexity index is 1040. The van der Waals surface area contributed by atoms with Gasteiger partial charge in [0.15, 0.2) is 5.65 Å². The van der Waals surface area contributed by atoms with Crippen molar-refractivity contribution < 1.29 is 0 Å². The SMILES string of the molecule is N#Cc1cccc(-c2ncccc2-c2cnc3[nH]ncc3c2)c1. The molecule has 5 nitrogen and oxygen atoms in total. The number of nitrogens with zero attached hydrogens (tertiary/aromatic N) is 4. The van der Waals surface area contributed by atoms with Crippen LogP contribution in [0.2, 0.25) is 0 Å². The second-order valence-electron chi connectivity index (χ2n) is 5.12. The molecule has 4 rings (SSSR count). The zero-order chi connectivity index (χ0) is 15.6. The maximum atomic E-state index is 9.10. The number of hydrogen-bond acceptors (Lipinski definition) is 4. The monoisotopic (exact) mass is 297 g/mol. The largest absolute Gasteiger partial charge is 0.261 e. The van der Waals surface area contributed by atoms with E-state index in [1.165, 1.54) is 0 Å². The van der Waals surface area contributed by atoms with Crippen molar-refractivity contribution in [3.05, 3.63) is 66.6 Å². The molecule has 0 radical (unpaired) electrons. The van der Waals surface area contributed by atoms with Crippen molar-refractivity contribution in [1.29, 1.82) is 5.26 Å². The van der Waals surface area contributed by atoms with E-state index >= 15 is 0 Å². The van der Waals surface area contributed by atoms with Crippen molar-refractivity contribution in [2.24, 2.45) is 0 Å². The highest BCUT2D eigenvalue weighted by Crippen LogP contribution is 2.31. The predicted molar refractivity (Wildman–Crippen MR) is 87.3 cm³/mol. The van der Waals surface area contributed by atoms with Crippen LogP contribution in [0.5, 0.6) is 0 Å². The molecule has 0 amide bonds. The molecule has 0 aliphatic heterocycles. The summed E-state index contributed by atoms with van der Waals surface area (Å²) in [4.78, 5) is 8.90. The second-order valence-corrected chi connectivity index (χ2v) is 5.12. The molecule has 0 fully saturated rings. The van der Waals surface area contributed by atoms with Gasteiger partial charge in [-0.1, -0.05) is 18.2 Å². The lowest BCUT2D eigenvalue weighted by Gasteiger charge is -2.09. The second kappa shape index (κ2) is 5.35. The number of H-pyrrole nitrogens is 1. The Hall–Kier alpha value is -3.52. The quantitative estimate of drug-likeness (QED) is 0.613. The van der Waals surface area contributed by atoms with Gasteiger partial charge in [-0.05, 0) is 24.3 Å². The average Bonchev–Trinajstić information content (AvgIpc) is 3.09. The molecule has 0 bridgehead atoms. The highest BCUT2D eigenvalue weighted by molar-refractivity contribution is 5.86. The molecular weight excluding hydrogens is 286 g/mol. The van der Waals surface area contributed by atoms with E-state index in [1.807, 2.05) is 36.4 Å². The summed E-state index contributed by atoms with van der Waals surface area (Å²) in [6.07, 6.45) is 5.30. The Morgan fingerprint density at radius 2 is 1.91 bits per heavy atom. The zero-order valence-corrected chi connectivity index (χ0v) is 12.1. The minimum atomic E-state index is 0.613. The summed E-state index contributed by atoms with van der Waals surface area (Å²) in [5.41, 5.74) is 5.04. The van der Waals surface area contributed by atoms with E-state index in [0.29, 0.717) is 5.56 Å². The van der Waals surface area contributed by atoms with E-state index in [1.54, 1.807) is 24.7 Å². The Labute approximate surface area is 132 Å². The van der Waals surface area contributed by atoms with Gasteiger partial charge in [-0.3, -0.25) is 10.1 Å². The average molecular weight is 297 g/mol. The van der Waals surface area contributed by atoms with Crippen LogP contribution in [0.25, 0.3) is 33.4 Å². The molecule has 0 aliphatic carbocycles. The summed E-state index contributed by atoms with van der Waals surface area (Å²) >= 11 is 0. The van der Waals surface area contributed by atoms with Gasteiger partial charge in [-0.25, -0.2) is 4.98 Å². The molecular formula is C18H11N5. The first-order chi connectivity index (χ1) is 11.3. The number of fused-ring (bicyclic) bond motifs is 1. The maximum absolute atomic E-state index is 9.10. The predicted octanol–water partition coefficient (Wildman–Crippen LogP) is 3.56. The van der Waals surface area contributed by atoms with Gasteiger partial charge in [-0.2, -0.15) is 10.4 Å². The molecule has 3 aromatic heterocycles. The summed E-state index contributed by atoms with van der Waals surface area (Å²) in [7, 11) is 0. The summed E-state index contributed by atoms with van der Waals surface area (Å²) in [6, 6.07) is 15.5. The van der Waals surface area contributed by atoms with Crippen LogP contribution in [-0.2, 0) is 0 Å². The van der Waals surface area contributed by atoms with Crippen LogP contribution in [0.1, 0.15) is 5.56 Å². The highest BCUT2D eigenvalue weighted by Gasteiger charge is 2.10. The lowest BCUT2D eigenvalue weighted by Crippen LogP contribution is -1.90. The molecule has 5 heteroatoms. The smallest absolute Gasteiger partial charge is 0.155 e. The van der Waals surface area contributed by atoms with Crippen molar-refractivity contribution in [3.8, 4) is 28.5 Å². The van der Waals surface area contributed by atoms with Crippen LogP contribution in [0, 0.1) is 11.3 Å². The molecule has 0 saturated carbocycles. The van der Waals surface area contributed by atoms with Crippen LogP contribution in [0.4, 0.5) is 0 Å². The summed E-state index contributed by atoms with van der Waals surface area (Å²) in [5, 5.41) is 16.9. The minimum absolute atomic E-state index is 0.613. The number of nitriles is 1. The van der Waals surface area contributed by atoms with Crippen LogP contribution in [0.15, 0.2) is 61.1 Å². The van der Waals surface area contributed by atoms with Crippen molar-refractivity contribution in [1.82, 2.24) is 20.2 Å². The Morgan fingerprint density at radius 1 is 0.957 bits per heavy atom. The molecule has 0 saturated heterocycles. The van der Waals surface area contributed by atoms with Crippen LogP contribution in [0.3, 0.4) is 0 Å². The number of nitrogens with one attached hydrogen (secondary N) is 1. The van der Waals surface area contributed by atoms with Crippen LogP contribution in [-0.4, -0.2) is 20.2 Å². The molecule has 0 aliphatic rings. The molecule has 0 unspecified atom stereocenters. The maximum Gasteiger partial charge on any atom is 0.155 e. The van der Waals surface area contributed by atoms with Gasteiger partial charge in [0.2, 0.25) is 0 Å². The van der Waals surface area contributed by atoms with Gasteiger partial charge in [0.1, 0.15) is 0 Å². The molecule has 23 heavy (non-hydrogen) atoms. The molecule has 4 aromatic rings. The zero-order valence-electron chi connectivity index (χ0n) is 12.1. The molecule has 1 aromatic carbocycles. The Morgan fingerprint density at radius 3 is 2.83 bits per heavy atom. The topological polar surface area (TPSA) is 78.2 Å². The Balaban J connectivity index is 1.91. The first-order valence-corrected chi connectivity index (χ1v) is 7.10. The first kappa shape index (κ1) is 13.2. The van der Waals surface area contributed by atoms with Crippen molar-refractivity contribution >= 4 is 11.0 Å². The number of pyridine rings is 2. The molecule has 3 heterocycles. The number of benzene rings is 1. The van der Waals surface area contributed by atoms with Crippen molar-refractivity contribution in [2.75, 3.05) is 0 Å². The van der Waals surface area contributed by atoms with Gasteiger partial charge in [0, 0.05) is 34.5 Å². The van der Waals surface area contributed by atoms with Gasteiger partial charge in [0.05, 0.1) is 23.5 Å². The standard InChI is InChI=1S/C18H11N5/c19-9-12-3-1-4-13(7-12)17-16(5-2-6-20-17)14-8-15-11-22-23-18(15)21-10-14/h1-8,10-11H,(H,21,22,23). The molecule has 108 valence electrons. The van der Waals surface area contributed by atoms with E-state index in [0.717, 1.165) is 33.4 Å². The summed E-state index contributed by atoms with van der Waals surface area (Å²) < 4.78 is 0. The van der Waals surface area contributed by atoms with Crippen LogP contribution >= 0.6 is 0 Å². The number of rotatable bonds is 2. The van der Waals surface area contributed by atoms with E-state index in [4.69, 9.17) is 5.26 Å². The summed E-state index contributed by atoms with van der Waals surface area (Å²) in [5.74, 6) is 0. The van der Waals surface area contributed by atoms with Crippen molar-refractivity contribution in [3.63, 3.8) is 0 Å². The normalized spacial score (nSPS) is 10.6. The van der Waals surface area contributed by atoms with E-state index in [9.17, 15) is 0 Å². The molecule has 1 N–H and O–H groups in total. The fourth-order valence-corrected chi connectivity index (χ4v) is 2.59. The minimum Gasteiger partial charge on any atom is -0.261 e. The lowest BCUT2D eigenvalue weighted by molar-refractivity contribution is 1.10. The van der Waals surface area contributed by atoms with Gasteiger partial charge in [0.25, 0.3) is 0 Å². The summed E-state index contributed by atoms with van der Waals surface area (Å²) in [6.45, 7) is 0. The highest BCUT2D eigenvalue weighted by atomic mass is 15.1. The fraction of sp³-hybridized carbons (Fsp3) is 0. The first-order valence-electron chi connectivity index (χ1n) is 7.10. The van der Waals surface area contributed by atoms with Gasteiger partial charge in [-0.15, -0.1) is 0 Å². The van der Waals surface area contributed by atoms with Gasteiger partial charge < -0.3 is 0 Å². The van der Waals surface area contributed by atoms with Crippen molar-refractivity contribution in [2.45, 2.75) is 0 Å². The Kier molecular flexibility index (Phi) is 3.06. The van der Waals surface area contributed by atoms with E-state index in [2.05, 4.69) is 26.2 Å². The number of aromatic nitrogens is 4. The van der Waals surface area contributed by atoms with Gasteiger partial charge >= 0.3 is 0 Å².